The molecule has 8 heteroatoms. The van der Waals surface area contributed by atoms with Crippen molar-refractivity contribution in [2.75, 3.05) is 17.6 Å². The van der Waals surface area contributed by atoms with Gasteiger partial charge in [0.1, 0.15) is 0 Å². The summed E-state index contributed by atoms with van der Waals surface area (Å²) in [5, 5.41) is 21.5. The molecule has 0 aliphatic rings. The van der Waals surface area contributed by atoms with Crippen LogP contribution in [0.1, 0.15) is 39.1 Å². The largest absolute Gasteiger partial charge is 0.478 e. The normalized spacial score (nSPS) is 10.2. The van der Waals surface area contributed by atoms with E-state index in [1.165, 1.54) is 24.4 Å². The molecule has 0 saturated carbocycles. The van der Waals surface area contributed by atoms with E-state index in [-0.39, 0.29) is 16.8 Å². The Labute approximate surface area is 155 Å². The quantitative estimate of drug-likeness (QED) is 0.481. The van der Waals surface area contributed by atoms with Gasteiger partial charge in [-0.3, -0.25) is 4.79 Å². The van der Waals surface area contributed by atoms with Crippen molar-refractivity contribution in [1.29, 1.82) is 5.26 Å². The van der Waals surface area contributed by atoms with E-state index >= 15 is 0 Å². The van der Waals surface area contributed by atoms with Crippen molar-refractivity contribution in [3.05, 3.63) is 53.2 Å². The molecule has 0 radical (unpaired) electrons. The Hall–Kier alpha value is -2.89. The van der Waals surface area contributed by atoms with Gasteiger partial charge in [0, 0.05) is 6.20 Å². The van der Waals surface area contributed by atoms with E-state index in [4.69, 9.17) is 11.0 Å². The molecule has 7 nitrogen and oxygen atoms in total. The van der Waals surface area contributed by atoms with Gasteiger partial charge < -0.3 is 16.2 Å². The van der Waals surface area contributed by atoms with E-state index in [2.05, 4.69) is 10.3 Å². The van der Waals surface area contributed by atoms with Crippen LogP contribution in [0.15, 0.2) is 41.6 Å². The van der Waals surface area contributed by atoms with Crippen LogP contribution in [0.5, 0.6) is 0 Å². The minimum Gasteiger partial charge on any atom is -0.478 e. The fourth-order valence-electron chi connectivity index (χ4n) is 2.12. The summed E-state index contributed by atoms with van der Waals surface area (Å²) in [5.74, 6) is -0.785. The fraction of sp³-hybridized carbons (Fsp3) is 0.222. The van der Waals surface area contributed by atoms with E-state index in [0.717, 1.165) is 23.6 Å². The number of hydrogen-bond acceptors (Lipinski definition) is 6. The van der Waals surface area contributed by atoms with Gasteiger partial charge >= 0.3 is 5.97 Å². The summed E-state index contributed by atoms with van der Waals surface area (Å²) < 4.78 is 0. The molecule has 2 aromatic rings. The molecule has 0 spiro atoms. The Balaban J connectivity index is 2.06. The lowest BCUT2D eigenvalue weighted by Gasteiger charge is -2.09. The summed E-state index contributed by atoms with van der Waals surface area (Å²) >= 11 is 1.59. The number of aromatic nitrogens is 1. The van der Waals surface area contributed by atoms with Crippen LogP contribution in [0.3, 0.4) is 0 Å². The number of nitriles is 1. The van der Waals surface area contributed by atoms with Crippen molar-refractivity contribution in [2.45, 2.75) is 17.9 Å². The molecule has 1 heterocycles. The predicted molar refractivity (Wildman–Crippen MR) is 99.3 cm³/mol. The highest BCUT2D eigenvalue weighted by atomic mass is 32.2. The highest BCUT2D eigenvalue weighted by Crippen LogP contribution is 2.20. The van der Waals surface area contributed by atoms with E-state index in [1.54, 1.807) is 23.9 Å². The second-order valence-corrected chi connectivity index (χ2v) is 6.48. The zero-order valence-corrected chi connectivity index (χ0v) is 14.8. The lowest BCUT2D eigenvalue weighted by molar-refractivity contribution is 0.0698. The summed E-state index contributed by atoms with van der Waals surface area (Å²) in [5.41, 5.74) is 5.96. The maximum Gasteiger partial charge on any atom is 0.337 e. The lowest BCUT2D eigenvalue weighted by Crippen LogP contribution is -2.15. The highest BCUT2D eigenvalue weighted by Gasteiger charge is 2.15. The molecule has 1 aromatic carbocycles. The summed E-state index contributed by atoms with van der Waals surface area (Å²) in [6, 6.07) is 9.32. The molecule has 0 bridgehead atoms. The number of aromatic carboxylic acids is 1. The van der Waals surface area contributed by atoms with E-state index in [1.807, 2.05) is 6.07 Å². The number of carbonyl (C=O) groups excluding carboxylic acids is 1. The molecule has 4 N–H and O–H groups in total. The molecule has 0 fully saturated rings. The smallest absolute Gasteiger partial charge is 0.337 e. The number of nitrogens with one attached hydrogen (secondary N) is 1. The standard InChI is InChI=1S/C18H18N4O3S/c19-7-1-2-8-26-16-6-4-13(11-21-16)17(23)22-15-5-3-12(10-20)9-14(15)18(24)25/h3-6,9,11H,1-2,7-8,19H2,(H,22,23)(H,24,25). The number of nitrogens with zero attached hydrogens (tertiary/aromatic N) is 2. The number of nitrogens with two attached hydrogens (primary N) is 1. The van der Waals surface area contributed by atoms with Gasteiger partial charge in [-0.1, -0.05) is 0 Å². The molecule has 0 saturated heterocycles. The maximum atomic E-state index is 12.3. The van der Waals surface area contributed by atoms with Gasteiger partial charge in [0.05, 0.1) is 33.5 Å². The average molecular weight is 370 g/mol. The Morgan fingerprint density at radius 2 is 2.08 bits per heavy atom. The Morgan fingerprint density at radius 3 is 2.69 bits per heavy atom. The predicted octanol–water partition coefficient (Wildman–Crippen LogP) is 2.73. The van der Waals surface area contributed by atoms with E-state index < -0.39 is 11.9 Å². The van der Waals surface area contributed by atoms with Crippen molar-refractivity contribution in [3.63, 3.8) is 0 Å². The lowest BCUT2D eigenvalue weighted by atomic mass is 10.1. The van der Waals surface area contributed by atoms with Gasteiger partial charge in [-0.2, -0.15) is 5.26 Å². The first kappa shape index (κ1) is 19.4. The molecule has 134 valence electrons. The second-order valence-electron chi connectivity index (χ2n) is 5.36. The number of anilines is 1. The van der Waals surface area contributed by atoms with Gasteiger partial charge in [-0.15, -0.1) is 11.8 Å². The number of unbranched alkanes of at least 4 members (excludes halogenated alkanes) is 1. The number of thioether (sulfide) groups is 1. The van der Waals surface area contributed by atoms with Crippen LogP contribution in [-0.4, -0.2) is 34.3 Å². The van der Waals surface area contributed by atoms with E-state index in [9.17, 15) is 14.7 Å². The SMILES string of the molecule is N#Cc1ccc(NC(=O)c2ccc(SCCCCN)nc2)c(C(=O)O)c1. The third-order valence-corrected chi connectivity index (χ3v) is 4.50. The van der Waals surface area contributed by atoms with E-state index in [0.29, 0.717) is 12.1 Å². The Kier molecular flexibility index (Phi) is 7.14. The molecule has 26 heavy (non-hydrogen) atoms. The van der Waals surface area contributed by atoms with Crippen molar-refractivity contribution >= 4 is 29.3 Å². The summed E-state index contributed by atoms with van der Waals surface area (Å²) in [6.07, 6.45) is 3.41. The maximum absolute atomic E-state index is 12.3. The van der Waals surface area contributed by atoms with Crippen molar-refractivity contribution in [3.8, 4) is 6.07 Å². The van der Waals surface area contributed by atoms with Crippen LogP contribution < -0.4 is 11.1 Å². The number of carbonyl (C=O) groups is 2. The third kappa shape index (κ3) is 5.31. The second kappa shape index (κ2) is 9.56. The number of amides is 1. The van der Waals surface area contributed by atoms with Gasteiger partial charge in [-0.25, -0.2) is 9.78 Å². The van der Waals surface area contributed by atoms with Crippen LogP contribution >= 0.6 is 11.8 Å². The van der Waals surface area contributed by atoms with Crippen LogP contribution in [0.4, 0.5) is 5.69 Å². The van der Waals surface area contributed by atoms with Crippen LogP contribution in [-0.2, 0) is 0 Å². The van der Waals surface area contributed by atoms with Gasteiger partial charge in [0.15, 0.2) is 0 Å². The van der Waals surface area contributed by atoms with Crippen molar-refractivity contribution in [1.82, 2.24) is 4.98 Å². The molecule has 1 aromatic heterocycles. The van der Waals surface area contributed by atoms with Crippen LogP contribution in [0.25, 0.3) is 0 Å². The topological polar surface area (TPSA) is 129 Å². The Bertz CT molecular complexity index is 831. The van der Waals surface area contributed by atoms with Gasteiger partial charge in [0.2, 0.25) is 0 Å². The molecule has 0 unspecified atom stereocenters. The highest BCUT2D eigenvalue weighted by molar-refractivity contribution is 7.99. The minimum absolute atomic E-state index is 0.127. The average Bonchev–Trinajstić information content (AvgIpc) is 2.65. The number of carboxylic acid groups (broad SMARTS) is 1. The molecule has 0 aliphatic heterocycles. The number of carboxylic acids is 1. The first-order valence-corrected chi connectivity index (χ1v) is 8.91. The van der Waals surface area contributed by atoms with Gasteiger partial charge in [0.25, 0.3) is 5.91 Å². The monoisotopic (exact) mass is 370 g/mol. The zero-order chi connectivity index (χ0) is 18.9. The van der Waals surface area contributed by atoms with Crippen LogP contribution in [0, 0.1) is 11.3 Å². The Morgan fingerprint density at radius 1 is 1.27 bits per heavy atom. The first-order chi connectivity index (χ1) is 12.5. The molecule has 2 rings (SSSR count). The zero-order valence-electron chi connectivity index (χ0n) is 13.9. The van der Waals surface area contributed by atoms with Crippen molar-refractivity contribution in [2.24, 2.45) is 5.73 Å². The van der Waals surface area contributed by atoms with Crippen LogP contribution in [0.2, 0.25) is 0 Å². The molecular formula is C18H18N4O3S. The molecule has 1 amide bonds. The number of rotatable bonds is 8. The first-order valence-electron chi connectivity index (χ1n) is 7.93. The molecule has 0 aliphatic carbocycles. The molecule has 0 atom stereocenters. The van der Waals surface area contributed by atoms with Crippen molar-refractivity contribution < 1.29 is 14.7 Å². The number of benzene rings is 1. The number of hydrogen-bond donors (Lipinski definition) is 3. The summed E-state index contributed by atoms with van der Waals surface area (Å²) in [6.45, 7) is 0.667. The molecular weight excluding hydrogens is 352 g/mol. The number of pyridine rings is 1. The third-order valence-electron chi connectivity index (χ3n) is 3.47. The fourth-order valence-corrected chi connectivity index (χ4v) is 2.97. The minimum atomic E-state index is -1.22. The summed E-state index contributed by atoms with van der Waals surface area (Å²) in [4.78, 5) is 27.9. The summed E-state index contributed by atoms with van der Waals surface area (Å²) in [7, 11) is 0. The van der Waals surface area contributed by atoms with Gasteiger partial charge in [-0.05, 0) is 55.5 Å².